The number of hydrogen-bond donors (Lipinski definition) is 2. The topological polar surface area (TPSA) is 72.2 Å². The molecule has 0 radical (unpaired) electrons. The zero-order valence-electron chi connectivity index (χ0n) is 11.7. The molecule has 2 rings (SSSR count). The van der Waals surface area contributed by atoms with Crippen molar-refractivity contribution in [1.82, 2.24) is 4.72 Å². The lowest BCUT2D eigenvalue weighted by Crippen LogP contribution is -2.37. The highest BCUT2D eigenvalue weighted by Gasteiger charge is 2.32. The molecular weight excluding hydrogens is 318 g/mol. The maximum atomic E-state index is 13.8. The third kappa shape index (κ3) is 3.74. The van der Waals surface area contributed by atoms with Crippen LogP contribution in [-0.4, -0.2) is 25.5 Å². The summed E-state index contributed by atoms with van der Waals surface area (Å²) in [4.78, 5) is -0.686. The van der Waals surface area contributed by atoms with Crippen molar-refractivity contribution in [1.29, 1.82) is 0 Å². The monoisotopic (exact) mass is 336 g/mol. The lowest BCUT2D eigenvalue weighted by molar-refractivity contribution is 0.480. The molecule has 0 aliphatic carbocycles. The number of thioether (sulfide) groups is 1. The molecule has 1 aromatic rings. The van der Waals surface area contributed by atoms with Gasteiger partial charge in [0.2, 0.25) is 10.0 Å². The highest BCUT2D eigenvalue weighted by molar-refractivity contribution is 8.01. The summed E-state index contributed by atoms with van der Waals surface area (Å²) < 4.78 is 53.8. The zero-order chi connectivity index (χ0) is 15.7. The van der Waals surface area contributed by atoms with Crippen LogP contribution in [0.4, 0.5) is 8.78 Å². The first-order valence-corrected chi connectivity index (χ1v) is 9.06. The van der Waals surface area contributed by atoms with Gasteiger partial charge in [0.25, 0.3) is 0 Å². The minimum atomic E-state index is -4.11. The normalized spacial score (nSPS) is 22.7. The second kappa shape index (κ2) is 6.20. The Kier molecular flexibility index (Phi) is 4.92. The van der Waals surface area contributed by atoms with Crippen molar-refractivity contribution in [2.45, 2.75) is 36.0 Å². The minimum absolute atomic E-state index is 0.0622. The zero-order valence-corrected chi connectivity index (χ0v) is 13.3. The molecule has 1 saturated heterocycles. The molecule has 1 heterocycles. The van der Waals surface area contributed by atoms with Crippen molar-refractivity contribution < 1.29 is 17.2 Å². The Hall–Kier alpha value is -0.700. The van der Waals surface area contributed by atoms with Crippen LogP contribution in [0.15, 0.2) is 17.0 Å². The summed E-state index contributed by atoms with van der Waals surface area (Å²) in [6.45, 7) is 2.08. The first-order valence-electron chi connectivity index (χ1n) is 6.59. The van der Waals surface area contributed by atoms with Gasteiger partial charge in [-0.2, -0.15) is 11.8 Å². The minimum Gasteiger partial charge on any atom is -0.326 e. The maximum absolute atomic E-state index is 13.8. The average molecular weight is 336 g/mol. The molecule has 1 unspecified atom stereocenters. The Balaban J connectivity index is 2.25. The predicted molar refractivity (Wildman–Crippen MR) is 79.5 cm³/mol. The van der Waals surface area contributed by atoms with Crippen LogP contribution in [-0.2, 0) is 16.6 Å². The van der Waals surface area contributed by atoms with E-state index in [-0.39, 0.29) is 23.4 Å². The van der Waals surface area contributed by atoms with Gasteiger partial charge in [0.1, 0.15) is 4.90 Å². The molecule has 1 aromatic carbocycles. The molecule has 1 aliphatic rings. The van der Waals surface area contributed by atoms with Crippen LogP contribution in [0.1, 0.15) is 25.3 Å². The molecule has 4 nitrogen and oxygen atoms in total. The highest BCUT2D eigenvalue weighted by Crippen LogP contribution is 2.37. The number of rotatable bonds is 5. The molecule has 8 heteroatoms. The fourth-order valence-electron chi connectivity index (χ4n) is 2.23. The van der Waals surface area contributed by atoms with Crippen molar-refractivity contribution >= 4 is 21.8 Å². The number of nitrogens with two attached hydrogens (primary N) is 1. The van der Waals surface area contributed by atoms with Crippen molar-refractivity contribution in [2.75, 3.05) is 12.3 Å². The number of sulfonamides is 1. The van der Waals surface area contributed by atoms with Gasteiger partial charge in [0, 0.05) is 17.8 Å². The van der Waals surface area contributed by atoms with Crippen LogP contribution < -0.4 is 10.5 Å². The van der Waals surface area contributed by atoms with Gasteiger partial charge in [-0.25, -0.2) is 21.9 Å². The molecule has 118 valence electrons. The van der Waals surface area contributed by atoms with Crippen LogP contribution in [0.25, 0.3) is 0 Å². The van der Waals surface area contributed by atoms with E-state index in [0.29, 0.717) is 0 Å². The van der Waals surface area contributed by atoms with E-state index in [2.05, 4.69) is 4.72 Å². The van der Waals surface area contributed by atoms with Gasteiger partial charge in [-0.3, -0.25) is 0 Å². The lowest BCUT2D eigenvalue weighted by Gasteiger charge is -2.23. The Morgan fingerprint density at radius 1 is 1.43 bits per heavy atom. The van der Waals surface area contributed by atoms with E-state index in [4.69, 9.17) is 5.73 Å². The smallest absolute Gasteiger partial charge is 0.243 e. The van der Waals surface area contributed by atoms with E-state index < -0.39 is 26.6 Å². The Morgan fingerprint density at radius 2 is 2.14 bits per heavy atom. The second-order valence-electron chi connectivity index (χ2n) is 5.32. The molecule has 0 saturated carbocycles. The highest BCUT2D eigenvalue weighted by atomic mass is 32.2. The second-order valence-corrected chi connectivity index (χ2v) is 8.74. The van der Waals surface area contributed by atoms with E-state index in [1.807, 2.05) is 6.92 Å². The van der Waals surface area contributed by atoms with Crippen LogP contribution in [0.3, 0.4) is 0 Å². The quantitative estimate of drug-likeness (QED) is 0.862. The number of hydrogen-bond acceptors (Lipinski definition) is 4. The van der Waals surface area contributed by atoms with Gasteiger partial charge in [-0.05, 0) is 43.2 Å². The van der Waals surface area contributed by atoms with Crippen molar-refractivity contribution in [3.63, 3.8) is 0 Å². The molecule has 0 spiro atoms. The van der Waals surface area contributed by atoms with E-state index in [1.165, 1.54) is 0 Å². The molecule has 1 fully saturated rings. The standard InChI is InChI=1S/C13H18F2N2O2S2/c1-13(3-2-4-20-13)8-17-21(18,19)11-6-9(7-16)5-10(14)12(11)15/h5-6,17H,2-4,7-8,16H2,1H3. The van der Waals surface area contributed by atoms with Gasteiger partial charge in [0.15, 0.2) is 11.6 Å². The summed E-state index contributed by atoms with van der Waals surface area (Å²) in [5.41, 5.74) is 5.60. The first kappa shape index (κ1) is 16.7. The fraction of sp³-hybridized carbons (Fsp3) is 0.538. The molecule has 1 atom stereocenters. The molecule has 0 aromatic heterocycles. The van der Waals surface area contributed by atoms with Gasteiger partial charge in [-0.1, -0.05) is 0 Å². The van der Waals surface area contributed by atoms with Crippen LogP contribution in [0, 0.1) is 11.6 Å². The van der Waals surface area contributed by atoms with Gasteiger partial charge < -0.3 is 5.73 Å². The van der Waals surface area contributed by atoms with Crippen LogP contribution in [0.2, 0.25) is 0 Å². The third-order valence-corrected chi connectivity index (χ3v) is 6.46. The number of nitrogens with one attached hydrogen (secondary N) is 1. The molecule has 0 amide bonds. The number of benzene rings is 1. The summed E-state index contributed by atoms with van der Waals surface area (Å²) in [6, 6.07) is 1.98. The van der Waals surface area contributed by atoms with Gasteiger partial charge in [0.05, 0.1) is 0 Å². The van der Waals surface area contributed by atoms with E-state index in [9.17, 15) is 17.2 Å². The summed E-state index contributed by atoms with van der Waals surface area (Å²) >= 11 is 1.68. The third-order valence-electron chi connectivity index (χ3n) is 3.52. The predicted octanol–water partition coefficient (Wildman–Crippen LogP) is 1.99. The Bertz CT molecular complexity index is 629. The number of halogens is 2. The largest absolute Gasteiger partial charge is 0.326 e. The van der Waals surface area contributed by atoms with E-state index in [0.717, 1.165) is 30.7 Å². The molecule has 1 aliphatic heterocycles. The van der Waals surface area contributed by atoms with Gasteiger partial charge >= 0.3 is 0 Å². The van der Waals surface area contributed by atoms with E-state index in [1.54, 1.807) is 11.8 Å². The molecule has 21 heavy (non-hydrogen) atoms. The average Bonchev–Trinajstić information content (AvgIpc) is 2.87. The SMILES string of the molecule is CC1(CNS(=O)(=O)c2cc(CN)cc(F)c2F)CCCS1. The fourth-order valence-corrected chi connectivity index (χ4v) is 4.87. The Morgan fingerprint density at radius 3 is 2.71 bits per heavy atom. The summed E-state index contributed by atoms with van der Waals surface area (Å²) in [5.74, 6) is -1.60. The van der Waals surface area contributed by atoms with Crippen molar-refractivity contribution in [2.24, 2.45) is 5.73 Å². The molecular formula is C13H18F2N2O2S2. The van der Waals surface area contributed by atoms with Crippen molar-refractivity contribution in [3.8, 4) is 0 Å². The molecule has 3 N–H and O–H groups in total. The Labute approximate surface area is 127 Å². The van der Waals surface area contributed by atoms with Crippen molar-refractivity contribution in [3.05, 3.63) is 29.3 Å². The van der Waals surface area contributed by atoms with Crippen LogP contribution in [0.5, 0.6) is 0 Å². The summed E-state index contributed by atoms with van der Waals surface area (Å²) in [5, 5.41) is 0. The summed E-state index contributed by atoms with van der Waals surface area (Å²) in [7, 11) is -4.11. The van der Waals surface area contributed by atoms with Crippen LogP contribution >= 0.6 is 11.8 Å². The maximum Gasteiger partial charge on any atom is 0.243 e. The molecule has 0 bridgehead atoms. The van der Waals surface area contributed by atoms with Gasteiger partial charge in [-0.15, -0.1) is 0 Å². The summed E-state index contributed by atoms with van der Waals surface area (Å²) in [6.07, 6.45) is 1.91. The lowest BCUT2D eigenvalue weighted by atomic mass is 10.1. The van der Waals surface area contributed by atoms with E-state index >= 15 is 0 Å². The first-order chi connectivity index (χ1) is 9.77.